The van der Waals surface area contributed by atoms with E-state index in [1.165, 1.54) is 18.2 Å². The van der Waals surface area contributed by atoms with Crippen molar-refractivity contribution < 1.29 is 35.8 Å². The van der Waals surface area contributed by atoms with Gasteiger partial charge < -0.3 is 9.47 Å². The maximum absolute atomic E-state index is 16.1. The Balaban J connectivity index is 1.45. The molecule has 2 saturated heterocycles. The summed E-state index contributed by atoms with van der Waals surface area (Å²) in [4.78, 5) is 14.2. The minimum Gasteiger partial charge on any atom is -0.467 e. The summed E-state index contributed by atoms with van der Waals surface area (Å²) in [6, 6.07) is 7.00. The number of aromatic nitrogens is 3. The maximum atomic E-state index is 16.1. The highest BCUT2D eigenvalue weighted by atomic mass is 35.5. The topological polar surface area (TPSA) is 60.4 Å². The third kappa shape index (κ3) is 4.77. The minimum atomic E-state index is -4.70. The van der Waals surface area contributed by atoms with E-state index in [9.17, 15) is 22.0 Å². The number of hydrogen-bond acceptors (Lipinski definition) is 6. The summed E-state index contributed by atoms with van der Waals surface area (Å²) in [5.41, 5.74) is -1.11. The molecule has 210 valence electrons. The van der Waals surface area contributed by atoms with Crippen LogP contribution in [-0.2, 0) is 0 Å². The van der Waals surface area contributed by atoms with Crippen molar-refractivity contribution in [3.8, 4) is 23.1 Å². The molecule has 2 aromatic heterocycles. The lowest BCUT2D eigenvalue weighted by molar-refractivity contribution is -0.153. The number of nitrogens with zero attached hydrogens (tertiary/aromatic N) is 4. The molecule has 40 heavy (non-hydrogen) atoms. The van der Waals surface area contributed by atoms with Crippen molar-refractivity contribution in [1.82, 2.24) is 19.9 Å². The third-order valence-corrected chi connectivity index (χ3v) is 7.79. The lowest BCUT2D eigenvalue weighted by Crippen LogP contribution is -2.43. The fourth-order valence-electron chi connectivity index (χ4n) is 5.68. The van der Waals surface area contributed by atoms with Gasteiger partial charge in [-0.15, -0.1) is 0 Å². The maximum Gasteiger partial charge on any atom is 0.422 e. The fourth-order valence-corrected chi connectivity index (χ4v) is 5.95. The SMILES string of the molecule is Fc1ccc2cccc(-c3ncc4c(OCC(F)(F)F)nc(OC[C@@]56CCCN5C[C@H](F)C6)nc4c3F)c2c1Cl. The number of pyridine rings is 1. The average Bonchev–Trinajstić information content (AvgIpc) is 3.44. The van der Waals surface area contributed by atoms with Crippen LogP contribution in [0.15, 0.2) is 36.5 Å². The van der Waals surface area contributed by atoms with Crippen LogP contribution in [0.25, 0.3) is 32.9 Å². The summed E-state index contributed by atoms with van der Waals surface area (Å²) in [7, 11) is 0. The number of hydrogen-bond donors (Lipinski definition) is 0. The van der Waals surface area contributed by atoms with Crippen LogP contribution in [0.4, 0.5) is 26.3 Å². The van der Waals surface area contributed by atoms with Crippen molar-refractivity contribution in [2.45, 2.75) is 37.1 Å². The van der Waals surface area contributed by atoms with Crippen molar-refractivity contribution in [3.63, 3.8) is 0 Å². The van der Waals surface area contributed by atoms with Crippen LogP contribution >= 0.6 is 11.6 Å². The number of fused-ring (bicyclic) bond motifs is 3. The zero-order chi connectivity index (χ0) is 28.2. The second kappa shape index (κ2) is 9.91. The number of rotatable bonds is 6. The van der Waals surface area contributed by atoms with Gasteiger partial charge >= 0.3 is 12.2 Å². The smallest absolute Gasteiger partial charge is 0.422 e. The average molecular weight is 583 g/mol. The standard InChI is InChI=1S/C27H21ClF6N4O2/c28-20-18(30)6-5-14-3-1-4-16(19(14)20)22-21(31)23-17(10-35-22)24(39-13-27(32,33)34)37-25(36-23)40-12-26-7-2-8-38(26)11-15(29)9-26/h1,3-6,10,15H,2,7-9,11-13H2/t15-,26+/m1/s1. The highest BCUT2D eigenvalue weighted by Gasteiger charge is 2.49. The monoisotopic (exact) mass is 582 g/mol. The van der Waals surface area contributed by atoms with Crippen LogP contribution in [0.5, 0.6) is 11.9 Å². The van der Waals surface area contributed by atoms with E-state index in [0.717, 1.165) is 12.6 Å². The van der Waals surface area contributed by atoms with E-state index in [1.807, 2.05) is 4.90 Å². The predicted octanol–water partition coefficient (Wildman–Crippen LogP) is 6.67. The molecule has 13 heteroatoms. The number of ether oxygens (including phenoxy) is 2. The lowest BCUT2D eigenvalue weighted by atomic mass is 9.95. The zero-order valence-corrected chi connectivity index (χ0v) is 21.5. The Morgan fingerprint density at radius 2 is 1.93 bits per heavy atom. The zero-order valence-electron chi connectivity index (χ0n) is 20.7. The van der Waals surface area contributed by atoms with Gasteiger partial charge in [-0.25, -0.2) is 13.2 Å². The van der Waals surface area contributed by atoms with Crippen LogP contribution in [0.2, 0.25) is 5.02 Å². The molecule has 0 saturated carbocycles. The van der Waals surface area contributed by atoms with Crippen LogP contribution in [-0.4, -0.2) is 64.0 Å². The molecule has 0 N–H and O–H groups in total. The molecule has 6 nitrogen and oxygen atoms in total. The number of alkyl halides is 4. The van der Waals surface area contributed by atoms with Gasteiger partial charge in [-0.3, -0.25) is 9.88 Å². The normalized spacial score (nSPS) is 21.3. The molecule has 0 bridgehead atoms. The fraction of sp³-hybridized carbons (Fsp3) is 0.370. The van der Waals surface area contributed by atoms with Crippen molar-refractivity contribution in [3.05, 3.63) is 53.2 Å². The first-order valence-corrected chi connectivity index (χ1v) is 12.9. The molecular formula is C27H21ClF6N4O2. The van der Waals surface area contributed by atoms with Crippen molar-refractivity contribution in [2.75, 3.05) is 26.3 Å². The molecule has 4 heterocycles. The van der Waals surface area contributed by atoms with Crippen molar-refractivity contribution in [1.29, 1.82) is 0 Å². The van der Waals surface area contributed by atoms with Crippen LogP contribution in [0.1, 0.15) is 19.3 Å². The first kappa shape index (κ1) is 26.8. The van der Waals surface area contributed by atoms with E-state index >= 15 is 4.39 Å². The Kier molecular flexibility index (Phi) is 6.65. The van der Waals surface area contributed by atoms with E-state index in [-0.39, 0.29) is 46.6 Å². The third-order valence-electron chi connectivity index (χ3n) is 7.42. The largest absolute Gasteiger partial charge is 0.467 e. The quantitative estimate of drug-likeness (QED) is 0.237. The lowest BCUT2D eigenvalue weighted by Gasteiger charge is -2.30. The van der Waals surface area contributed by atoms with E-state index < -0.39 is 53.5 Å². The van der Waals surface area contributed by atoms with Gasteiger partial charge in [-0.05, 0) is 30.8 Å². The van der Waals surface area contributed by atoms with Crippen molar-refractivity contribution >= 4 is 33.3 Å². The first-order valence-electron chi connectivity index (χ1n) is 12.5. The van der Waals surface area contributed by atoms with Crippen LogP contribution < -0.4 is 9.47 Å². The summed E-state index contributed by atoms with van der Waals surface area (Å²) in [5, 5.41) is 0.268. The molecule has 2 atom stereocenters. The summed E-state index contributed by atoms with van der Waals surface area (Å²) < 4.78 is 94.2. The summed E-state index contributed by atoms with van der Waals surface area (Å²) in [6.07, 6.45) is -2.91. The van der Waals surface area contributed by atoms with Gasteiger partial charge in [0.1, 0.15) is 29.8 Å². The molecule has 2 aliphatic rings. The first-order chi connectivity index (χ1) is 19.0. The molecule has 2 aromatic carbocycles. The molecule has 0 spiro atoms. The molecule has 0 radical (unpaired) electrons. The Morgan fingerprint density at radius 3 is 2.73 bits per heavy atom. The molecule has 0 amide bonds. The van der Waals surface area contributed by atoms with Gasteiger partial charge in [0, 0.05) is 30.1 Å². The van der Waals surface area contributed by atoms with Gasteiger partial charge in [-0.2, -0.15) is 23.1 Å². The Hall–Kier alpha value is -3.38. The Bertz CT molecular complexity index is 1620. The molecule has 2 aliphatic heterocycles. The molecule has 6 rings (SSSR count). The highest BCUT2D eigenvalue weighted by molar-refractivity contribution is 6.36. The molecule has 4 aromatic rings. The van der Waals surface area contributed by atoms with Crippen LogP contribution in [0.3, 0.4) is 0 Å². The van der Waals surface area contributed by atoms with E-state index in [2.05, 4.69) is 15.0 Å². The van der Waals surface area contributed by atoms with Crippen LogP contribution in [0, 0.1) is 11.6 Å². The van der Waals surface area contributed by atoms with Gasteiger partial charge in [0.05, 0.1) is 15.9 Å². The predicted molar refractivity (Wildman–Crippen MR) is 135 cm³/mol. The van der Waals surface area contributed by atoms with Gasteiger partial charge in [0.25, 0.3) is 0 Å². The Morgan fingerprint density at radius 1 is 1.10 bits per heavy atom. The summed E-state index contributed by atoms with van der Waals surface area (Å²) in [5.74, 6) is -2.31. The summed E-state index contributed by atoms with van der Waals surface area (Å²) >= 11 is 6.22. The number of benzene rings is 2. The second-order valence-corrected chi connectivity index (χ2v) is 10.4. The van der Waals surface area contributed by atoms with Gasteiger partial charge in [-0.1, -0.05) is 35.9 Å². The minimum absolute atomic E-state index is 0.0323. The molecular weight excluding hydrogens is 562 g/mol. The van der Waals surface area contributed by atoms with Gasteiger partial charge in [0.2, 0.25) is 5.88 Å². The Labute approximate surface area is 228 Å². The second-order valence-electron chi connectivity index (χ2n) is 10.0. The van der Waals surface area contributed by atoms with E-state index in [1.54, 1.807) is 12.1 Å². The molecule has 0 unspecified atom stereocenters. The highest BCUT2D eigenvalue weighted by Crippen LogP contribution is 2.41. The summed E-state index contributed by atoms with van der Waals surface area (Å²) in [6.45, 7) is -0.767. The molecule has 2 fully saturated rings. The number of halogens is 7. The van der Waals surface area contributed by atoms with Gasteiger partial charge in [0.15, 0.2) is 12.4 Å². The van der Waals surface area contributed by atoms with Crippen molar-refractivity contribution in [2.24, 2.45) is 0 Å². The van der Waals surface area contributed by atoms with E-state index in [0.29, 0.717) is 18.4 Å². The van der Waals surface area contributed by atoms with E-state index in [4.69, 9.17) is 21.1 Å². The molecule has 0 aliphatic carbocycles.